The molecule has 0 unspecified atom stereocenters. The van der Waals surface area contributed by atoms with E-state index in [2.05, 4.69) is 0 Å². The van der Waals surface area contributed by atoms with Crippen LogP contribution < -0.4 is 0 Å². The molecule has 0 saturated heterocycles. The van der Waals surface area contributed by atoms with Crippen LogP contribution in [0.1, 0.15) is 20.3 Å². The van der Waals surface area contributed by atoms with Crippen molar-refractivity contribution in [2.45, 2.75) is 26.6 Å². The van der Waals surface area contributed by atoms with Crippen LogP contribution in [0, 0.1) is 0 Å². The van der Waals surface area contributed by atoms with Gasteiger partial charge in [0.25, 0.3) is 0 Å². The number of ketones is 1. The van der Waals surface area contributed by atoms with Crippen molar-refractivity contribution in [1.29, 1.82) is 0 Å². The molecule has 0 aromatic carbocycles. The van der Waals surface area contributed by atoms with Crippen LogP contribution >= 0.6 is 0 Å². The summed E-state index contributed by atoms with van der Waals surface area (Å²) in [5.74, 6) is -1.73. The van der Waals surface area contributed by atoms with Gasteiger partial charge in [-0.2, -0.15) is 0 Å². The monoisotopic (exact) mass is 190 g/mol. The Morgan fingerprint density at radius 3 is 2.00 bits per heavy atom. The average Bonchev–Trinajstić information content (AvgIpc) is 2.02. The SMILES string of the molecule is CCOC(OCC)C(=O)CC(=O)O. The lowest BCUT2D eigenvalue weighted by Gasteiger charge is -2.14. The van der Waals surface area contributed by atoms with Gasteiger partial charge in [-0.05, 0) is 13.8 Å². The number of carboxylic acids is 1. The molecule has 0 saturated carbocycles. The molecule has 0 aliphatic heterocycles. The number of carbonyl (C=O) groups is 2. The molecule has 0 bridgehead atoms. The van der Waals surface area contributed by atoms with Gasteiger partial charge in [0.2, 0.25) is 6.29 Å². The van der Waals surface area contributed by atoms with Gasteiger partial charge < -0.3 is 14.6 Å². The Bertz CT molecular complexity index is 171. The highest BCUT2D eigenvalue weighted by Crippen LogP contribution is 2.00. The minimum absolute atomic E-state index is 0.316. The molecule has 0 amide bonds. The molecule has 0 aliphatic carbocycles. The minimum Gasteiger partial charge on any atom is -0.481 e. The van der Waals surface area contributed by atoms with Crippen LogP contribution in [-0.2, 0) is 19.1 Å². The van der Waals surface area contributed by atoms with E-state index in [1.165, 1.54) is 0 Å². The van der Waals surface area contributed by atoms with Crippen molar-refractivity contribution in [1.82, 2.24) is 0 Å². The number of Topliss-reactive ketones (excluding diaryl/α,β-unsaturated/α-hetero) is 1. The Kier molecular flexibility index (Phi) is 6.09. The van der Waals surface area contributed by atoms with Gasteiger partial charge in [0.15, 0.2) is 5.78 Å². The fraction of sp³-hybridized carbons (Fsp3) is 0.750. The average molecular weight is 190 g/mol. The van der Waals surface area contributed by atoms with E-state index in [0.717, 1.165) is 0 Å². The lowest BCUT2D eigenvalue weighted by molar-refractivity contribution is -0.170. The van der Waals surface area contributed by atoms with E-state index in [9.17, 15) is 9.59 Å². The zero-order chi connectivity index (χ0) is 10.3. The highest BCUT2D eigenvalue weighted by Gasteiger charge is 2.20. The van der Waals surface area contributed by atoms with Gasteiger partial charge in [-0.3, -0.25) is 9.59 Å². The van der Waals surface area contributed by atoms with Gasteiger partial charge in [0, 0.05) is 13.2 Å². The number of carbonyl (C=O) groups excluding carboxylic acids is 1. The van der Waals surface area contributed by atoms with Gasteiger partial charge >= 0.3 is 5.97 Å². The molecule has 0 aromatic heterocycles. The first-order valence-electron chi connectivity index (χ1n) is 4.09. The number of rotatable bonds is 7. The van der Waals surface area contributed by atoms with E-state index in [1.807, 2.05) is 0 Å². The molecule has 0 aromatic rings. The molecule has 76 valence electrons. The third-order valence-corrected chi connectivity index (χ3v) is 1.22. The van der Waals surface area contributed by atoms with Gasteiger partial charge in [-0.25, -0.2) is 0 Å². The summed E-state index contributed by atoms with van der Waals surface area (Å²) in [7, 11) is 0. The second-order valence-corrected chi connectivity index (χ2v) is 2.28. The number of carboxylic acid groups (broad SMARTS) is 1. The first-order valence-corrected chi connectivity index (χ1v) is 4.09. The van der Waals surface area contributed by atoms with Crippen molar-refractivity contribution in [3.8, 4) is 0 Å². The molecule has 0 spiro atoms. The molecule has 5 nitrogen and oxygen atoms in total. The van der Waals surface area contributed by atoms with Crippen molar-refractivity contribution in [3.63, 3.8) is 0 Å². The maximum Gasteiger partial charge on any atom is 0.311 e. The summed E-state index contributed by atoms with van der Waals surface area (Å²) in [5, 5.41) is 8.34. The van der Waals surface area contributed by atoms with E-state index in [-0.39, 0.29) is 0 Å². The predicted octanol–water partition coefficient (Wildman–Crippen LogP) is 0.429. The van der Waals surface area contributed by atoms with Crippen LogP contribution in [0.5, 0.6) is 0 Å². The van der Waals surface area contributed by atoms with Gasteiger partial charge in [0.1, 0.15) is 6.42 Å². The molecule has 13 heavy (non-hydrogen) atoms. The van der Waals surface area contributed by atoms with E-state index < -0.39 is 24.5 Å². The molecule has 0 aliphatic rings. The van der Waals surface area contributed by atoms with Crippen molar-refractivity contribution < 1.29 is 24.2 Å². The molecule has 0 heterocycles. The Morgan fingerprint density at radius 1 is 1.23 bits per heavy atom. The Labute approximate surface area is 76.6 Å². The summed E-state index contributed by atoms with van der Waals surface area (Å²) in [4.78, 5) is 21.3. The molecule has 1 N–H and O–H groups in total. The minimum atomic E-state index is -1.17. The van der Waals surface area contributed by atoms with Crippen LogP contribution in [-0.4, -0.2) is 36.4 Å². The third-order valence-electron chi connectivity index (χ3n) is 1.22. The van der Waals surface area contributed by atoms with Crippen LogP contribution in [0.15, 0.2) is 0 Å². The van der Waals surface area contributed by atoms with Crippen LogP contribution in [0.4, 0.5) is 0 Å². The molecule has 5 heteroatoms. The molecule has 0 atom stereocenters. The summed E-state index contributed by atoms with van der Waals surface area (Å²) in [5.41, 5.74) is 0. The van der Waals surface area contributed by atoms with Crippen molar-refractivity contribution in [2.75, 3.05) is 13.2 Å². The second kappa shape index (κ2) is 6.56. The fourth-order valence-corrected chi connectivity index (χ4v) is 0.769. The first kappa shape index (κ1) is 12.1. The van der Waals surface area contributed by atoms with Crippen LogP contribution in [0.2, 0.25) is 0 Å². The molecule has 0 radical (unpaired) electrons. The van der Waals surface area contributed by atoms with Crippen molar-refractivity contribution in [2.24, 2.45) is 0 Å². The number of ether oxygens (including phenoxy) is 2. The lowest BCUT2D eigenvalue weighted by atomic mass is 10.3. The smallest absolute Gasteiger partial charge is 0.311 e. The van der Waals surface area contributed by atoms with E-state index >= 15 is 0 Å². The summed E-state index contributed by atoms with van der Waals surface area (Å²) in [6.07, 6.45) is -1.60. The highest BCUT2D eigenvalue weighted by atomic mass is 16.7. The molecular formula is C8H14O5. The van der Waals surface area contributed by atoms with Gasteiger partial charge in [-0.1, -0.05) is 0 Å². The molecule has 0 rings (SSSR count). The van der Waals surface area contributed by atoms with Crippen LogP contribution in [0.3, 0.4) is 0 Å². The molecular weight excluding hydrogens is 176 g/mol. The van der Waals surface area contributed by atoms with Crippen molar-refractivity contribution in [3.05, 3.63) is 0 Å². The Morgan fingerprint density at radius 2 is 1.69 bits per heavy atom. The normalized spacial score (nSPS) is 10.4. The zero-order valence-electron chi connectivity index (χ0n) is 7.78. The fourth-order valence-electron chi connectivity index (χ4n) is 0.769. The maximum atomic E-state index is 11.1. The van der Waals surface area contributed by atoms with Gasteiger partial charge in [0.05, 0.1) is 0 Å². The predicted molar refractivity (Wildman–Crippen MR) is 44.3 cm³/mol. The van der Waals surface area contributed by atoms with E-state index in [0.29, 0.717) is 13.2 Å². The first-order chi connectivity index (χ1) is 6.11. The topological polar surface area (TPSA) is 72.8 Å². The summed E-state index contributed by atoms with van der Waals surface area (Å²) in [6.45, 7) is 4.05. The largest absolute Gasteiger partial charge is 0.481 e. The third kappa shape index (κ3) is 5.32. The maximum absolute atomic E-state index is 11.1. The lowest BCUT2D eigenvalue weighted by Crippen LogP contribution is -2.29. The number of hydrogen-bond acceptors (Lipinski definition) is 4. The number of aliphatic carboxylic acids is 1. The quantitative estimate of drug-likeness (QED) is 0.465. The Hall–Kier alpha value is -0.940. The van der Waals surface area contributed by atoms with Gasteiger partial charge in [-0.15, -0.1) is 0 Å². The highest BCUT2D eigenvalue weighted by molar-refractivity contribution is 5.96. The number of hydrogen-bond donors (Lipinski definition) is 1. The zero-order valence-corrected chi connectivity index (χ0v) is 7.78. The standard InChI is InChI=1S/C8H14O5/c1-3-12-8(13-4-2)6(9)5-7(10)11/h8H,3-5H2,1-2H3,(H,10,11). The van der Waals surface area contributed by atoms with Crippen LogP contribution in [0.25, 0.3) is 0 Å². The van der Waals surface area contributed by atoms with Crippen molar-refractivity contribution >= 4 is 11.8 Å². The van der Waals surface area contributed by atoms with E-state index in [4.69, 9.17) is 14.6 Å². The summed E-state index contributed by atoms with van der Waals surface area (Å²) in [6, 6.07) is 0. The Balaban J connectivity index is 4.02. The van der Waals surface area contributed by atoms with E-state index in [1.54, 1.807) is 13.8 Å². The summed E-state index contributed by atoms with van der Waals surface area (Å²) >= 11 is 0. The summed E-state index contributed by atoms with van der Waals surface area (Å²) < 4.78 is 9.82. The molecule has 0 fully saturated rings. The second-order valence-electron chi connectivity index (χ2n) is 2.28.